The van der Waals surface area contributed by atoms with Gasteiger partial charge in [0.25, 0.3) is 0 Å². The topological polar surface area (TPSA) is 48.9 Å². The SMILES string of the molecule is C=CCOc1ccccc1CN=C(NCC)NC1CCN(C2CC2)CC1.I. The number of nitrogens with zero attached hydrogens (tertiary/aromatic N) is 2. The number of benzene rings is 1. The molecule has 6 heteroatoms. The molecule has 2 aliphatic rings. The van der Waals surface area contributed by atoms with Crippen LogP contribution in [0.2, 0.25) is 0 Å². The zero-order valence-corrected chi connectivity index (χ0v) is 18.7. The van der Waals surface area contributed by atoms with Crippen LogP contribution >= 0.6 is 24.0 Å². The van der Waals surface area contributed by atoms with E-state index in [1.54, 1.807) is 6.08 Å². The van der Waals surface area contributed by atoms with Gasteiger partial charge in [0.2, 0.25) is 0 Å². The van der Waals surface area contributed by atoms with Crippen molar-refractivity contribution in [3.8, 4) is 5.75 Å². The second-order valence-electron chi connectivity index (χ2n) is 7.09. The Morgan fingerprint density at radius 1 is 1.26 bits per heavy atom. The molecule has 1 aliphatic carbocycles. The van der Waals surface area contributed by atoms with Crippen molar-refractivity contribution in [2.75, 3.05) is 26.2 Å². The standard InChI is InChI=1S/C21H32N4O.HI/c1-3-15-26-20-8-6-5-7-17(20)16-23-21(22-4-2)24-18-11-13-25(14-12-18)19-9-10-19;/h3,5-8,18-19H,1,4,9-16H2,2H3,(H2,22,23,24);1H. The summed E-state index contributed by atoms with van der Waals surface area (Å²) in [7, 11) is 0. The molecule has 1 saturated heterocycles. The molecule has 2 fully saturated rings. The lowest BCUT2D eigenvalue weighted by Crippen LogP contribution is -2.49. The van der Waals surface area contributed by atoms with E-state index < -0.39 is 0 Å². The van der Waals surface area contributed by atoms with Crippen molar-refractivity contribution in [2.24, 2.45) is 4.99 Å². The first kappa shape index (κ1) is 22.0. The van der Waals surface area contributed by atoms with E-state index in [-0.39, 0.29) is 24.0 Å². The number of para-hydroxylation sites is 1. The summed E-state index contributed by atoms with van der Waals surface area (Å²) in [5, 5.41) is 7.00. The minimum atomic E-state index is 0. The molecule has 0 atom stereocenters. The summed E-state index contributed by atoms with van der Waals surface area (Å²) in [6.07, 6.45) is 6.95. The summed E-state index contributed by atoms with van der Waals surface area (Å²) in [5.74, 6) is 1.78. The minimum Gasteiger partial charge on any atom is -0.489 e. The number of rotatable bonds is 8. The van der Waals surface area contributed by atoms with Crippen molar-refractivity contribution >= 4 is 29.9 Å². The average molecular weight is 484 g/mol. The van der Waals surface area contributed by atoms with E-state index in [9.17, 15) is 0 Å². The van der Waals surface area contributed by atoms with Gasteiger partial charge >= 0.3 is 0 Å². The molecule has 1 aromatic carbocycles. The van der Waals surface area contributed by atoms with E-state index in [1.165, 1.54) is 38.8 Å². The van der Waals surface area contributed by atoms with Gasteiger partial charge in [-0.05, 0) is 38.7 Å². The molecule has 0 amide bonds. The highest BCUT2D eigenvalue weighted by atomic mass is 127. The van der Waals surface area contributed by atoms with Crippen molar-refractivity contribution in [2.45, 2.75) is 51.2 Å². The maximum Gasteiger partial charge on any atom is 0.191 e. The van der Waals surface area contributed by atoms with Gasteiger partial charge in [0.1, 0.15) is 12.4 Å². The first-order chi connectivity index (χ1) is 12.8. The Morgan fingerprint density at radius 2 is 2.00 bits per heavy atom. The third-order valence-corrected chi connectivity index (χ3v) is 5.01. The molecule has 150 valence electrons. The Kier molecular flexibility index (Phi) is 9.41. The van der Waals surface area contributed by atoms with Crippen molar-refractivity contribution in [1.29, 1.82) is 0 Å². The highest BCUT2D eigenvalue weighted by Gasteiger charge is 2.31. The van der Waals surface area contributed by atoms with Gasteiger partial charge in [0.15, 0.2) is 5.96 Å². The van der Waals surface area contributed by atoms with Crippen molar-refractivity contribution in [3.05, 3.63) is 42.5 Å². The van der Waals surface area contributed by atoms with E-state index in [4.69, 9.17) is 9.73 Å². The van der Waals surface area contributed by atoms with Gasteiger partial charge in [-0.15, -0.1) is 24.0 Å². The third kappa shape index (κ3) is 6.99. The van der Waals surface area contributed by atoms with E-state index in [1.807, 2.05) is 18.2 Å². The lowest BCUT2D eigenvalue weighted by molar-refractivity contribution is 0.197. The monoisotopic (exact) mass is 484 g/mol. The molecular weight excluding hydrogens is 451 g/mol. The van der Waals surface area contributed by atoms with Crippen molar-refractivity contribution in [1.82, 2.24) is 15.5 Å². The molecule has 27 heavy (non-hydrogen) atoms. The zero-order chi connectivity index (χ0) is 18.2. The number of nitrogens with one attached hydrogen (secondary N) is 2. The van der Waals surface area contributed by atoms with E-state index >= 15 is 0 Å². The average Bonchev–Trinajstić information content (AvgIpc) is 3.51. The normalized spacial score (nSPS) is 18.5. The maximum atomic E-state index is 5.73. The molecule has 0 unspecified atom stereocenters. The number of hydrogen-bond donors (Lipinski definition) is 2. The Labute approximate surface area is 180 Å². The summed E-state index contributed by atoms with van der Waals surface area (Å²) < 4.78 is 5.73. The van der Waals surface area contributed by atoms with Crippen molar-refractivity contribution in [3.63, 3.8) is 0 Å². The predicted octanol–water partition coefficient (Wildman–Crippen LogP) is 3.55. The Morgan fingerprint density at radius 3 is 2.67 bits per heavy atom. The molecule has 0 radical (unpaired) electrons. The van der Waals surface area contributed by atoms with E-state index in [2.05, 4.69) is 35.1 Å². The molecule has 2 N–H and O–H groups in total. The number of likely N-dealkylation sites (tertiary alicyclic amines) is 1. The summed E-state index contributed by atoms with van der Waals surface area (Å²) in [6.45, 7) is 10.2. The van der Waals surface area contributed by atoms with Crippen LogP contribution in [0.4, 0.5) is 0 Å². The number of hydrogen-bond acceptors (Lipinski definition) is 3. The van der Waals surface area contributed by atoms with Gasteiger partial charge in [-0.3, -0.25) is 0 Å². The smallest absolute Gasteiger partial charge is 0.191 e. The fraction of sp³-hybridized carbons (Fsp3) is 0.571. The van der Waals surface area contributed by atoms with Crippen LogP contribution in [0.25, 0.3) is 0 Å². The molecule has 3 rings (SSSR count). The zero-order valence-electron chi connectivity index (χ0n) is 16.3. The second-order valence-corrected chi connectivity index (χ2v) is 7.09. The number of halogens is 1. The van der Waals surface area contributed by atoms with Gasteiger partial charge in [0, 0.05) is 37.3 Å². The first-order valence-corrected chi connectivity index (χ1v) is 9.90. The molecule has 0 spiro atoms. The Hall–Kier alpha value is -1.28. The summed E-state index contributed by atoms with van der Waals surface area (Å²) in [5.41, 5.74) is 1.09. The van der Waals surface area contributed by atoms with Crippen LogP contribution < -0.4 is 15.4 Å². The first-order valence-electron chi connectivity index (χ1n) is 9.90. The van der Waals surface area contributed by atoms with Crippen LogP contribution in [-0.2, 0) is 6.54 Å². The molecule has 5 nitrogen and oxygen atoms in total. The number of piperidine rings is 1. The molecular formula is C21H33IN4O. The van der Waals surface area contributed by atoms with Gasteiger partial charge < -0.3 is 20.3 Å². The second kappa shape index (κ2) is 11.5. The minimum absolute atomic E-state index is 0. The quantitative estimate of drug-likeness (QED) is 0.257. The molecule has 1 saturated carbocycles. The maximum absolute atomic E-state index is 5.73. The summed E-state index contributed by atoms with van der Waals surface area (Å²) in [4.78, 5) is 7.44. The van der Waals surface area contributed by atoms with E-state index in [0.717, 1.165) is 29.9 Å². The highest BCUT2D eigenvalue weighted by Crippen LogP contribution is 2.29. The molecule has 1 aliphatic heterocycles. The molecule has 1 aromatic rings. The highest BCUT2D eigenvalue weighted by molar-refractivity contribution is 14.0. The number of ether oxygens (including phenoxy) is 1. The fourth-order valence-electron chi connectivity index (χ4n) is 3.45. The van der Waals surface area contributed by atoms with Crippen LogP contribution in [0.15, 0.2) is 41.9 Å². The van der Waals surface area contributed by atoms with Crippen LogP contribution in [0.1, 0.15) is 38.2 Å². The lowest BCUT2D eigenvalue weighted by Gasteiger charge is -2.33. The fourth-order valence-corrected chi connectivity index (χ4v) is 3.45. The van der Waals surface area contributed by atoms with Gasteiger partial charge in [0.05, 0.1) is 6.54 Å². The summed E-state index contributed by atoms with van der Waals surface area (Å²) in [6, 6.07) is 9.46. The van der Waals surface area contributed by atoms with Gasteiger partial charge in [-0.25, -0.2) is 4.99 Å². The largest absolute Gasteiger partial charge is 0.489 e. The lowest BCUT2D eigenvalue weighted by atomic mass is 10.1. The third-order valence-electron chi connectivity index (χ3n) is 5.01. The number of guanidine groups is 1. The Balaban J connectivity index is 0.00000261. The van der Waals surface area contributed by atoms with E-state index in [0.29, 0.717) is 19.2 Å². The summed E-state index contributed by atoms with van der Waals surface area (Å²) >= 11 is 0. The number of aliphatic imine (C=N–C) groups is 1. The molecule has 0 bridgehead atoms. The van der Waals surface area contributed by atoms with Crippen LogP contribution in [0, 0.1) is 0 Å². The molecule has 0 aromatic heterocycles. The Bertz CT molecular complexity index is 610. The van der Waals surface area contributed by atoms with Crippen LogP contribution in [0.5, 0.6) is 5.75 Å². The molecule has 1 heterocycles. The van der Waals surface area contributed by atoms with Crippen molar-refractivity contribution < 1.29 is 4.74 Å². The van der Waals surface area contributed by atoms with Gasteiger partial charge in [-0.1, -0.05) is 30.9 Å². The van der Waals surface area contributed by atoms with Crippen LogP contribution in [0.3, 0.4) is 0 Å². The van der Waals surface area contributed by atoms with Gasteiger partial charge in [-0.2, -0.15) is 0 Å². The van der Waals surface area contributed by atoms with Crippen LogP contribution in [-0.4, -0.2) is 49.2 Å². The predicted molar refractivity (Wildman–Crippen MR) is 123 cm³/mol.